The monoisotopic (exact) mass is 252 g/mol. The molecule has 1 fully saturated rings. The summed E-state index contributed by atoms with van der Waals surface area (Å²) in [5.74, 6) is -0.0826. The predicted molar refractivity (Wildman–Crippen MR) is 69.4 cm³/mol. The Morgan fingerprint density at radius 2 is 2.24 bits per heavy atom. The van der Waals surface area contributed by atoms with Crippen LogP contribution in [-0.4, -0.2) is 30.4 Å². The zero-order valence-corrected chi connectivity index (χ0v) is 11.2. The number of nitrogens with one attached hydrogen (secondary N) is 1. The first kappa shape index (κ1) is 13.8. The third-order valence-corrected chi connectivity index (χ3v) is 3.71. The maximum atomic E-state index is 12.1. The van der Waals surface area contributed by atoms with E-state index in [1.54, 1.807) is 6.08 Å². The van der Waals surface area contributed by atoms with Crippen molar-refractivity contribution in [2.45, 2.75) is 19.9 Å². The van der Waals surface area contributed by atoms with Gasteiger partial charge in [0.1, 0.15) is 11.1 Å². The van der Waals surface area contributed by atoms with Crippen LogP contribution in [0.15, 0.2) is 11.6 Å². The van der Waals surface area contributed by atoms with E-state index in [4.69, 9.17) is 23.2 Å². The Labute approximate surface area is 107 Å². The molecule has 1 unspecified atom stereocenters. The number of nitrogens with zero attached hydrogens (tertiary/aromatic N) is 1. The van der Waals surface area contributed by atoms with E-state index in [1.165, 1.54) is 4.90 Å². The number of carbonyl (C=O) groups is 1. The highest BCUT2D eigenvalue weighted by atomic mass is 32.1. The molecule has 0 bridgehead atoms. The highest BCUT2D eigenvalue weighted by Crippen LogP contribution is 2.17. The number of nitrogens with two attached hydrogens (primary N) is 1. The molecule has 1 saturated heterocycles. The minimum atomic E-state index is -0.269. The van der Waals surface area contributed by atoms with Gasteiger partial charge in [-0.1, -0.05) is 19.1 Å². The molecule has 0 radical (unpaired) electrons. The number of Topliss-reactive ketones (excluding diaryl/α,β-unsaturated/α-hetero) is 1. The molecular formula is C12H18N3OS+. The molecule has 92 valence electrons. The molecule has 17 heavy (non-hydrogen) atoms. The third-order valence-electron chi connectivity index (χ3n) is 3.49. The average molecular weight is 252 g/mol. The van der Waals surface area contributed by atoms with Crippen LogP contribution in [0, 0.1) is 23.2 Å². The molecule has 0 aromatic carbocycles. The van der Waals surface area contributed by atoms with E-state index in [0.29, 0.717) is 0 Å². The van der Waals surface area contributed by atoms with Crippen LogP contribution in [-0.2, 0) is 4.79 Å². The SMILES string of the molecule is C[C@@H]1C[NH+](C)[C@@H](C)[C@@H](/C=C(\C#N)C(N)=S)C1=O. The Bertz CT molecular complexity index is 410. The lowest BCUT2D eigenvalue weighted by Gasteiger charge is -2.34. The van der Waals surface area contributed by atoms with Gasteiger partial charge in [0, 0.05) is 0 Å². The van der Waals surface area contributed by atoms with Crippen molar-refractivity contribution in [1.29, 1.82) is 5.26 Å². The Morgan fingerprint density at radius 1 is 1.65 bits per heavy atom. The molecule has 0 spiro atoms. The van der Waals surface area contributed by atoms with Crippen molar-refractivity contribution in [3.05, 3.63) is 11.6 Å². The molecule has 0 saturated carbocycles. The summed E-state index contributed by atoms with van der Waals surface area (Å²) in [4.78, 5) is 13.5. The summed E-state index contributed by atoms with van der Waals surface area (Å²) >= 11 is 4.79. The van der Waals surface area contributed by atoms with Crippen LogP contribution in [0.25, 0.3) is 0 Å². The second-order valence-electron chi connectivity index (χ2n) is 4.72. The average Bonchev–Trinajstić information content (AvgIpc) is 2.26. The molecule has 0 aliphatic carbocycles. The van der Waals surface area contributed by atoms with Gasteiger partial charge in [0.15, 0.2) is 5.78 Å². The van der Waals surface area contributed by atoms with Crippen LogP contribution in [0.3, 0.4) is 0 Å². The van der Waals surface area contributed by atoms with E-state index in [2.05, 4.69) is 7.05 Å². The van der Waals surface area contributed by atoms with E-state index in [1.807, 2.05) is 19.9 Å². The van der Waals surface area contributed by atoms with Crippen molar-refractivity contribution < 1.29 is 9.69 Å². The molecule has 3 N–H and O–H groups in total. The highest BCUT2D eigenvalue weighted by Gasteiger charge is 2.39. The van der Waals surface area contributed by atoms with Crippen LogP contribution in [0.5, 0.6) is 0 Å². The summed E-state index contributed by atoms with van der Waals surface area (Å²) in [6, 6.07) is 2.10. The van der Waals surface area contributed by atoms with Crippen molar-refractivity contribution in [2.75, 3.05) is 13.6 Å². The topological polar surface area (TPSA) is 71.3 Å². The Kier molecular flexibility index (Phi) is 4.38. The molecular weight excluding hydrogens is 234 g/mol. The number of nitriles is 1. The normalized spacial score (nSPS) is 34.2. The summed E-state index contributed by atoms with van der Waals surface area (Å²) in [7, 11) is 2.06. The van der Waals surface area contributed by atoms with Gasteiger partial charge in [-0.15, -0.1) is 0 Å². The first-order valence-corrected chi connectivity index (χ1v) is 6.07. The van der Waals surface area contributed by atoms with Crippen molar-refractivity contribution in [3.63, 3.8) is 0 Å². The van der Waals surface area contributed by atoms with Crippen LogP contribution in [0.1, 0.15) is 13.8 Å². The summed E-state index contributed by atoms with van der Waals surface area (Å²) in [5, 5.41) is 8.93. The van der Waals surface area contributed by atoms with Crippen molar-refractivity contribution in [2.24, 2.45) is 17.6 Å². The van der Waals surface area contributed by atoms with E-state index in [9.17, 15) is 4.79 Å². The largest absolute Gasteiger partial charge is 0.389 e. The van der Waals surface area contributed by atoms with Gasteiger partial charge in [0.25, 0.3) is 0 Å². The summed E-state index contributed by atoms with van der Waals surface area (Å²) in [5.41, 5.74) is 5.69. The molecule has 0 aromatic heterocycles. The second-order valence-corrected chi connectivity index (χ2v) is 5.16. The second kappa shape index (κ2) is 5.39. The first-order valence-electron chi connectivity index (χ1n) is 5.66. The number of thiocarbonyl (C=S) groups is 1. The maximum Gasteiger partial charge on any atom is 0.154 e. The summed E-state index contributed by atoms with van der Waals surface area (Å²) in [6.45, 7) is 4.76. The van der Waals surface area contributed by atoms with Crippen molar-refractivity contribution in [1.82, 2.24) is 0 Å². The standard InChI is InChI=1S/C12H17N3OS/c1-7-6-15(3)8(2)10(11(7)16)4-9(5-13)12(14)17/h4,7-8,10H,6H2,1-3H3,(H2,14,17)/p+1/b9-4+/t7-,8+,10-/m1/s1. The summed E-state index contributed by atoms with van der Waals surface area (Å²) in [6.07, 6.45) is 1.63. The molecule has 0 aromatic rings. The fourth-order valence-electron chi connectivity index (χ4n) is 2.23. The quantitative estimate of drug-likeness (QED) is 0.393. The van der Waals surface area contributed by atoms with Gasteiger partial charge in [0.2, 0.25) is 0 Å². The fraction of sp³-hybridized carbons (Fsp3) is 0.583. The highest BCUT2D eigenvalue weighted by molar-refractivity contribution is 7.80. The smallest absolute Gasteiger partial charge is 0.154 e. The lowest BCUT2D eigenvalue weighted by atomic mass is 9.82. The molecule has 0 amide bonds. The summed E-state index contributed by atoms with van der Waals surface area (Å²) < 4.78 is 0. The molecule has 4 atom stereocenters. The van der Waals surface area contributed by atoms with E-state index in [-0.39, 0.29) is 34.2 Å². The van der Waals surface area contributed by atoms with Gasteiger partial charge < -0.3 is 10.6 Å². The molecule has 1 rings (SSSR count). The zero-order chi connectivity index (χ0) is 13.2. The first-order chi connectivity index (χ1) is 7.88. The Balaban J connectivity index is 3.05. The lowest BCUT2D eigenvalue weighted by Crippen LogP contribution is -3.15. The number of rotatable bonds is 2. The van der Waals surface area contributed by atoms with E-state index < -0.39 is 0 Å². The number of hydrogen-bond donors (Lipinski definition) is 2. The number of piperidine rings is 1. The van der Waals surface area contributed by atoms with Crippen LogP contribution in [0.4, 0.5) is 0 Å². The van der Waals surface area contributed by atoms with E-state index in [0.717, 1.165) is 6.54 Å². The van der Waals surface area contributed by atoms with Crippen LogP contribution in [0.2, 0.25) is 0 Å². The third kappa shape index (κ3) is 2.90. The zero-order valence-electron chi connectivity index (χ0n) is 10.4. The number of hydrogen-bond acceptors (Lipinski definition) is 3. The van der Waals surface area contributed by atoms with Gasteiger partial charge >= 0.3 is 0 Å². The maximum absolute atomic E-state index is 12.1. The van der Waals surface area contributed by atoms with Crippen molar-refractivity contribution in [3.8, 4) is 6.07 Å². The number of likely N-dealkylation sites (tertiary alicyclic amines) is 1. The van der Waals surface area contributed by atoms with Crippen LogP contribution < -0.4 is 10.6 Å². The lowest BCUT2D eigenvalue weighted by molar-refractivity contribution is -0.911. The van der Waals surface area contributed by atoms with Gasteiger partial charge in [-0.25, -0.2) is 0 Å². The number of carbonyl (C=O) groups excluding carboxylic acids is 1. The van der Waals surface area contributed by atoms with Gasteiger partial charge in [-0.2, -0.15) is 5.26 Å². The molecule has 1 aliphatic rings. The predicted octanol–water partition coefficient (Wildman–Crippen LogP) is -0.539. The van der Waals surface area contributed by atoms with Crippen LogP contribution >= 0.6 is 12.2 Å². The van der Waals surface area contributed by atoms with E-state index >= 15 is 0 Å². The molecule has 1 heterocycles. The number of ketones is 1. The van der Waals surface area contributed by atoms with Crippen molar-refractivity contribution >= 4 is 23.0 Å². The fourth-order valence-corrected chi connectivity index (χ4v) is 2.35. The Hall–Kier alpha value is -1.25. The minimum Gasteiger partial charge on any atom is -0.389 e. The van der Waals surface area contributed by atoms with Gasteiger partial charge in [0.05, 0.1) is 37.0 Å². The molecule has 5 heteroatoms. The molecule has 1 aliphatic heterocycles. The minimum absolute atomic E-state index is 0.0127. The Morgan fingerprint density at radius 3 is 2.71 bits per heavy atom. The van der Waals surface area contributed by atoms with Gasteiger partial charge in [-0.3, -0.25) is 4.79 Å². The van der Waals surface area contributed by atoms with Gasteiger partial charge in [-0.05, 0) is 13.0 Å². The molecule has 4 nitrogen and oxygen atoms in total. The number of quaternary nitrogens is 1.